The Morgan fingerprint density at radius 3 is 2.31 bits per heavy atom. The van der Waals surface area contributed by atoms with Gasteiger partial charge in [0.15, 0.2) is 0 Å². The molecule has 0 spiro atoms. The van der Waals surface area contributed by atoms with E-state index < -0.39 is 10.3 Å². The third-order valence-electron chi connectivity index (χ3n) is 2.33. The number of hydrogen-bond donors (Lipinski definition) is 1. The molecule has 1 heterocycles. The van der Waals surface area contributed by atoms with Crippen molar-refractivity contribution in [2.45, 2.75) is 6.92 Å². The van der Waals surface area contributed by atoms with Crippen molar-refractivity contribution in [2.24, 2.45) is 0 Å². The van der Waals surface area contributed by atoms with Gasteiger partial charge in [-0.3, -0.25) is 9.08 Å². The van der Waals surface area contributed by atoms with E-state index in [0.717, 1.165) is 0 Å². The SMILES string of the molecule is CCOS(=O)(=O)N1CCN(CCO)CC1.[H-].[Na+]. The number of aliphatic hydroxyl groups is 1. The van der Waals surface area contributed by atoms with Gasteiger partial charge in [0.05, 0.1) is 13.2 Å². The van der Waals surface area contributed by atoms with E-state index in [1.54, 1.807) is 6.92 Å². The van der Waals surface area contributed by atoms with Crippen molar-refractivity contribution < 1.29 is 48.7 Å². The number of aliphatic hydroxyl groups excluding tert-OH is 1. The van der Waals surface area contributed by atoms with Gasteiger partial charge in [-0.1, -0.05) is 0 Å². The van der Waals surface area contributed by atoms with Gasteiger partial charge in [0, 0.05) is 32.7 Å². The van der Waals surface area contributed by atoms with Crippen LogP contribution < -0.4 is 29.6 Å². The van der Waals surface area contributed by atoms with Crippen LogP contribution in [0.2, 0.25) is 0 Å². The van der Waals surface area contributed by atoms with Crippen molar-refractivity contribution in [3.05, 3.63) is 0 Å². The van der Waals surface area contributed by atoms with Gasteiger partial charge in [-0.05, 0) is 6.92 Å². The fourth-order valence-electron chi connectivity index (χ4n) is 1.54. The van der Waals surface area contributed by atoms with Gasteiger partial charge in [0.1, 0.15) is 0 Å². The van der Waals surface area contributed by atoms with E-state index in [1.165, 1.54) is 4.31 Å². The molecular formula is C8H19N2NaO4S. The van der Waals surface area contributed by atoms with Crippen LogP contribution in [-0.4, -0.2) is 68.7 Å². The Morgan fingerprint density at radius 2 is 1.88 bits per heavy atom. The first-order valence-corrected chi connectivity index (χ1v) is 6.44. The van der Waals surface area contributed by atoms with Crippen LogP contribution in [0.4, 0.5) is 0 Å². The number of nitrogens with zero attached hydrogens (tertiary/aromatic N) is 2. The number of β-amino-alcohol motifs (C(OH)–C–C–N with tert-alkyl or cyclic N) is 1. The second-order valence-corrected chi connectivity index (χ2v) is 4.94. The van der Waals surface area contributed by atoms with Gasteiger partial charge < -0.3 is 6.53 Å². The van der Waals surface area contributed by atoms with E-state index in [-0.39, 0.29) is 44.2 Å². The first-order valence-electron chi connectivity index (χ1n) is 5.08. The first kappa shape index (κ1) is 16.8. The Balaban J connectivity index is 0. The molecule has 1 fully saturated rings. The summed E-state index contributed by atoms with van der Waals surface area (Å²) in [5.41, 5.74) is 0. The Bertz CT molecular complexity index is 283. The molecule has 1 aliphatic rings. The quantitative estimate of drug-likeness (QED) is 0.511. The van der Waals surface area contributed by atoms with Crippen LogP contribution in [0.3, 0.4) is 0 Å². The maximum absolute atomic E-state index is 11.5. The summed E-state index contributed by atoms with van der Waals surface area (Å²) in [5, 5.41) is 8.73. The minimum Gasteiger partial charge on any atom is -1.00 e. The van der Waals surface area contributed by atoms with Gasteiger partial charge in [-0.15, -0.1) is 0 Å². The standard InChI is InChI=1S/C8H18N2O4S.Na.H/c1-2-14-15(12,13)10-5-3-9(4-6-10)7-8-11;;/h11H,2-8H2,1H3;;/q;+1;-1. The molecule has 1 N–H and O–H groups in total. The van der Waals surface area contributed by atoms with E-state index >= 15 is 0 Å². The molecule has 1 aliphatic heterocycles. The average molecular weight is 262 g/mol. The Labute approximate surface area is 121 Å². The van der Waals surface area contributed by atoms with Crippen LogP contribution in [0.1, 0.15) is 8.35 Å². The second kappa shape index (κ2) is 7.99. The number of piperazine rings is 1. The summed E-state index contributed by atoms with van der Waals surface area (Å²) in [6.45, 7) is 4.68. The van der Waals surface area contributed by atoms with E-state index in [9.17, 15) is 8.42 Å². The summed E-state index contributed by atoms with van der Waals surface area (Å²) in [7, 11) is -3.53. The molecule has 8 heteroatoms. The summed E-state index contributed by atoms with van der Waals surface area (Å²) in [5.74, 6) is 0. The first-order chi connectivity index (χ1) is 7.10. The fraction of sp³-hybridized carbons (Fsp3) is 1.00. The minimum absolute atomic E-state index is 0. The Kier molecular flexibility index (Phi) is 8.39. The zero-order valence-electron chi connectivity index (χ0n) is 10.9. The molecule has 0 aromatic rings. The van der Waals surface area contributed by atoms with Crippen LogP contribution >= 0.6 is 0 Å². The zero-order chi connectivity index (χ0) is 11.3. The molecule has 1 rings (SSSR count). The van der Waals surface area contributed by atoms with E-state index in [0.29, 0.717) is 32.7 Å². The van der Waals surface area contributed by atoms with Crippen molar-refractivity contribution in [2.75, 3.05) is 45.9 Å². The summed E-state index contributed by atoms with van der Waals surface area (Å²) in [4.78, 5) is 2.03. The predicted molar refractivity (Wildman–Crippen MR) is 56.8 cm³/mol. The largest absolute Gasteiger partial charge is 1.00 e. The molecule has 0 aliphatic carbocycles. The van der Waals surface area contributed by atoms with E-state index in [4.69, 9.17) is 9.29 Å². The van der Waals surface area contributed by atoms with Crippen molar-refractivity contribution in [3.8, 4) is 0 Å². The van der Waals surface area contributed by atoms with Crippen molar-refractivity contribution >= 4 is 10.3 Å². The summed E-state index contributed by atoms with van der Waals surface area (Å²) in [6, 6.07) is 0. The van der Waals surface area contributed by atoms with Crippen molar-refractivity contribution in [3.63, 3.8) is 0 Å². The third-order valence-corrected chi connectivity index (χ3v) is 3.86. The molecule has 0 unspecified atom stereocenters. The van der Waals surface area contributed by atoms with Crippen LogP contribution in [-0.2, 0) is 14.5 Å². The maximum atomic E-state index is 11.5. The molecule has 1 saturated heterocycles. The number of hydrogen-bond acceptors (Lipinski definition) is 5. The van der Waals surface area contributed by atoms with Crippen LogP contribution in [0.15, 0.2) is 0 Å². The van der Waals surface area contributed by atoms with Gasteiger partial charge in [0.2, 0.25) is 0 Å². The molecule has 0 bridgehead atoms. The minimum atomic E-state index is -3.53. The molecule has 92 valence electrons. The molecular weight excluding hydrogens is 243 g/mol. The maximum Gasteiger partial charge on any atom is 1.00 e. The molecule has 0 aromatic heterocycles. The third kappa shape index (κ3) is 4.97. The van der Waals surface area contributed by atoms with Gasteiger partial charge in [-0.2, -0.15) is 12.7 Å². The van der Waals surface area contributed by atoms with E-state index in [1.807, 2.05) is 4.90 Å². The average Bonchev–Trinajstić information content (AvgIpc) is 2.19. The topological polar surface area (TPSA) is 70.1 Å². The van der Waals surface area contributed by atoms with E-state index in [2.05, 4.69) is 0 Å². The zero-order valence-corrected chi connectivity index (χ0v) is 12.7. The molecule has 16 heavy (non-hydrogen) atoms. The van der Waals surface area contributed by atoms with Crippen LogP contribution in [0.5, 0.6) is 0 Å². The fourth-order valence-corrected chi connectivity index (χ4v) is 2.60. The number of rotatable bonds is 5. The van der Waals surface area contributed by atoms with Crippen molar-refractivity contribution in [1.82, 2.24) is 9.21 Å². The Morgan fingerprint density at radius 1 is 1.31 bits per heavy atom. The van der Waals surface area contributed by atoms with Crippen LogP contribution in [0, 0.1) is 0 Å². The summed E-state index contributed by atoms with van der Waals surface area (Å²) < 4.78 is 29.0. The summed E-state index contributed by atoms with van der Waals surface area (Å²) in [6.07, 6.45) is 0. The normalized spacial score (nSPS) is 19.4. The van der Waals surface area contributed by atoms with Gasteiger partial charge in [-0.25, -0.2) is 0 Å². The molecule has 0 amide bonds. The van der Waals surface area contributed by atoms with Crippen LogP contribution in [0.25, 0.3) is 0 Å². The molecule has 6 nitrogen and oxygen atoms in total. The molecule has 0 radical (unpaired) electrons. The molecule has 0 aromatic carbocycles. The second-order valence-electron chi connectivity index (χ2n) is 3.33. The van der Waals surface area contributed by atoms with Crippen molar-refractivity contribution in [1.29, 1.82) is 0 Å². The molecule has 0 saturated carbocycles. The predicted octanol–water partition coefficient (Wildman–Crippen LogP) is -4.01. The smallest absolute Gasteiger partial charge is 1.00 e. The Hall–Kier alpha value is 0.790. The summed E-state index contributed by atoms with van der Waals surface area (Å²) >= 11 is 0. The monoisotopic (exact) mass is 262 g/mol. The van der Waals surface area contributed by atoms with Gasteiger partial charge >= 0.3 is 39.9 Å². The molecule has 0 atom stereocenters. The van der Waals surface area contributed by atoms with Gasteiger partial charge in [0.25, 0.3) is 0 Å².